The van der Waals surface area contributed by atoms with Gasteiger partial charge in [0.25, 0.3) is 5.91 Å². The van der Waals surface area contributed by atoms with Crippen molar-refractivity contribution < 1.29 is 18.7 Å². The number of nitrogens with one attached hydrogen (secondary N) is 1. The fourth-order valence-electron chi connectivity index (χ4n) is 2.86. The molecule has 0 heterocycles. The van der Waals surface area contributed by atoms with Gasteiger partial charge in [0, 0.05) is 11.3 Å². The van der Waals surface area contributed by atoms with Crippen LogP contribution in [0, 0.1) is 17.1 Å². The molecule has 3 aromatic rings. The maximum Gasteiger partial charge on any atom is 0.266 e. The number of amides is 1. The summed E-state index contributed by atoms with van der Waals surface area (Å²) >= 11 is 11.8. The van der Waals surface area contributed by atoms with E-state index in [1.807, 2.05) is 13.0 Å². The minimum Gasteiger partial charge on any atom is -0.490 e. The lowest BCUT2D eigenvalue weighted by molar-refractivity contribution is -0.112. The Morgan fingerprint density at radius 2 is 1.85 bits per heavy atom. The molecule has 0 aliphatic rings. The van der Waals surface area contributed by atoms with E-state index in [2.05, 4.69) is 5.32 Å². The molecule has 1 amide bonds. The Labute approximate surface area is 201 Å². The molecule has 0 aliphatic heterocycles. The van der Waals surface area contributed by atoms with E-state index in [1.165, 1.54) is 18.2 Å². The fourth-order valence-corrected chi connectivity index (χ4v) is 3.16. The van der Waals surface area contributed by atoms with Crippen molar-refractivity contribution in [3.05, 3.63) is 93.2 Å². The molecule has 0 spiro atoms. The third kappa shape index (κ3) is 6.48. The van der Waals surface area contributed by atoms with Gasteiger partial charge in [0.2, 0.25) is 0 Å². The highest BCUT2D eigenvalue weighted by Gasteiger charge is 2.13. The number of ether oxygens (including phenoxy) is 2. The summed E-state index contributed by atoms with van der Waals surface area (Å²) in [5.41, 5.74) is 1.25. The molecule has 0 radical (unpaired) electrons. The molecule has 0 saturated heterocycles. The van der Waals surface area contributed by atoms with Gasteiger partial charge in [0.05, 0.1) is 16.7 Å². The number of anilines is 1. The first-order valence-corrected chi connectivity index (χ1v) is 10.7. The summed E-state index contributed by atoms with van der Waals surface area (Å²) in [4.78, 5) is 12.5. The van der Waals surface area contributed by atoms with Crippen molar-refractivity contribution in [2.24, 2.45) is 0 Å². The Morgan fingerprint density at radius 1 is 1.06 bits per heavy atom. The van der Waals surface area contributed by atoms with Crippen LogP contribution >= 0.6 is 23.2 Å². The van der Waals surface area contributed by atoms with Crippen LogP contribution in [0.25, 0.3) is 6.08 Å². The maximum atomic E-state index is 13.9. The van der Waals surface area contributed by atoms with Crippen LogP contribution in [-0.2, 0) is 11.4 Å². The highest BCUT2D eigenvalue weighted by atomic mass is 35.5. The Morgan fingerprint density at radius 3 is 2.55 bits per heavy atom. The number of halogens is 3. The molecule has 0 aliphatic carbocycles. The van der Waals surface area contributed by atoms with E-state index in [0.717, 1.165) is 0 Å². The second-order valence-electron chi connectivity index (χ2n) is 6.77. The lowest BCUT2D eigenvalue weighted by Crippen LogP contribution is -2.13. The molecule has 3 aromatic carbocycles. The molecule has 0 fully saturated rings. The largest absolute Gasteiger partial charge is 0.490 e. The van der Waals surface area contributed by atoms with Crippen molar-refractivity contribution >= 4 is 40.9 Å². The van der Waals surface area contributed by atoms with Gasteiger partial charge in [-0.25, -0.2) is 4.39 Å². The molecule has 0 saturated carbocycles. The van der Waals surface area contributed by atoms with Crippen molar-refractivity contribution in [2.45, 2.75) is 13.5 Å². The minimum atomic E-state index is -0.603. The summed E-state index contributed by atoms with van der Waals surface area (Å²) in [5.74, 6) is -0.142. The summed E-state index contributed by atoms with van der Waals surface area (Å²) in [7, 11) is 0. The van der Waals surface area contributed by atoms with Gasteiger partial charge in [-0.15, -0.1) is 0 Å². The molecule has 3 rings (SSSR count). The number of hydrogen-bond donors (Lipinski definition) is 1. The molecule has 0 aromatic heterocycles. The molecule has 0 unspecified atom stereocenters. The lowest BCUT2D eigenvalue weighted by Gasteiger charge is -2.13. The predicted molar refractivity (Wildman–Crippen MR) is 127 cm³/mol. The summed E-state index contributed by atoms with van der Waals surface area (Å²) in [6, 6.07) is 17.8. The first kappa shape index (κ1) is 24.1. The highest BCUT2D eigenvalue weighted by Crippen LogP contribution is 2.31. The summed E-state index contributed by atoms with van der Waals surface area (Å²) < 4.78 is 25.2. The van der Waals surface area contributed by atoms with Gasteiger partial charge in [-0.1, -0.05) is 47.5 Å². The zero-order chi connectivity index (χ0) is 23.8. The Kier molecular flexibility index (Phi) is 8.31. The molecular formula is C25H19Cl2FN2O3. The van der Waals surface area contributed by atoms with Crippen molar-refractivity contribution in [3.63, 3.8) is 0 Å². The van der Waals surface area contributed by atoms with Crippen LogP contribution in [0.4, 0.5) is 10.1 Å². The fraction of sp³-hybridized carbons (Fsp3) is 0.120. The zero-order valence-corrected chi connectivity index (χ0v) is 19.1. The summed E-state index contributed by atoms with van der Waals surface area (Å²) in [6.45, 7) is 2.21. The van der Waals surface area contributed by atoms with E-state index in [0.29, 0.717) is 39.9 Å². The van der Waals surface area contributed by atoms with E-state index in [1.54, 1.807) is 48.5 Å². The quantitative estimate of drug-likeness (QED) is 0.286. The Hall–Kier alpha value is -3.53. The third-order valence-corrected chi connectivity index (χ3v) is 5.20. The van der Waals surface area contributed by atoms with Crippen LogP contribution in [0.5, 0.6) is 11.5 Å². The number of rotatable bonds is 8. The number of carbonyl (C=O) groups is 1. The Bertz CT molecular complexity index is 1240. The number of benzene rings is 3. The van der Waals surface area contributed by atoms with Crippen molar-refractivity contribution in [1.29, 1.82) is 5.26 Å². The van der Waals surface area contributed by atoms with Gasteiger partial charge in [-0.3, -0.25) is 4.79 Å². The Balaban J connectivity index is 1.79. The van der Waals surface area contributed by atoms with Gasteiger partial charge in [-0.2, -0.15) is 5.26 Å². The summed E-state index contributed by atoms with van der Waals surface area (Å²) in [6.07, 6.45) is 1.43. The van der Waals surface area contributed by atoms with Crippen LogP contribution in [0.3, 0.4) is 0 Å². The van der Waals surface area contributed by atoms with Crippen molar-refractivity contribution in [3.8, 4) is 17.6 Å². The maximum absolute atomic E-state index is 13.9. The summed E-state index contributed by atoms with van der Waals surface area (Å²) in [5, 5.41) is 12.7. The van der Waals surface area contributed by atoms with Crippen LogP contribution < -0.4 is 14.8 Å². The third-order valence-electron chi connectivity index (χ3n) is 4.46. The van der Waals surface area contributed by atoms with Gasteiger partial charge >= 0.3 is 0 Å². The molecule has 1 N–H and O–H groups in total. The molecular weight excluding hydrogens is 466 g/mol. The molecule has 0 bridgehead atoms. The normalized spacial score (nSPS) is 10.9. The van der Waals surface area contributed by atoms with Crippen LogP contribution in [-0.4, -0.2) is 12.5 Å². The number of carbonyl (C=O) groups excluding carboxylic acids is 1. The zero-order valence-electron chi connectivity index (χ0n) is 17.6. The topological polar surface area (TPSA) is 71.3 Å². The lowest BCUT2D eigenvalue weighted by atomic mass is 10.1. The van der Waals surface area contributed by atoms with Gasteiger partial charge in [-0.05, 0) is 55.0 Å². The molecule has 8 heteroatoms. The van der Waals surface area contributed by atoms with E-state index < -0.39 is 5.91 Å². The van der Waals surface area contributed by atoms with E-state index in [9.17, 15) is 14.4 Å². The number of nitrogens with zero attached hydrogens (tertiary/aromatic N) is 1. The van der Waals surface area contributed by atoms with Gasteiger partial charge in [0.15, 0.2) is 11.5 Å². The van der Waals surface area contributed by atoms with Gasteiger partial charge in [0.1, 0.15) is 24.1 Å². The second kappa shape index (κ2) is 11.4. The average Bonchev–Trinajstić information content (AvgIpc) is 2.80. The SMILES string of the molecule is CCOc1cc(/C=C(\C#N)C(=O)Nc2ccc(Cl)c(Cl)c2)ccc1OCc1ccccc1F. The van der Waals surface area contributed by atoms with E-state index in [4.69, 9.17) is 32.7 Å². The molecule has 33 heavy (non-hydrogen) atoms. The van der Waals surface area contributed by atoms with E-state index in [-0.39, 0.29) is 23.0 Å². The molecule has 168 valence electrons. The first-order chi connectivity index (χ1) is 15.9. The average molecular weight is 485 g/mol. The molecule has 5 nitrogen and oxygen atoms in total. The highest BCUT2D eigenvalue weighted by molar-refractivity contribution is 6.42. The smallest absolute Gasteiger partial charge is 0.266 e. The number of hydrogen-bond acceptors (Lipinski definition) is 4. The van der Waals surface area contributed by atoms with Crippen molar-refractivity contribution in [1.82, 2.24) is 0 Å². The van der Waals surface area contributed by atoms with Crippen molar-refractivity contribution in [2.75, 3.05) is 11.9 Å². The second-order valence-corrected chi connectivity index (χ2v) is 7.59. The van der Waals surface area contributed by atoms with Crippen LogP contribution in [0.15, 0.2) is 66.2 Å². The monoisotopic (exact) mass is 484 g/mol. The first-order valence-electron chi connectivity index (χ1n) is 9.92. The van der Waals surface area contributed by atoms with Crippen LogP contribution in [0.2, 0.25) is 10.0 Å². The minimum absolute atomic E-state index is 0.0252. The molecule has 0 atom stereocenters. The predicted octanol–water partition coefficient (Wildman–Crippen LogP) is 6.66. The van der Waals surface area contributed by atoms with Crippen LogP contribution in [0.1, 0.15) is 18.1 Å². The number of nitriles is 1. The van der Waals surface area contributed by atoms with E-state index >= 15 is 0 Å². The standard InChI is InChI=1S/C25H19Cl2FN2O3/c1-2-32-24-12-16(7-10-23(24)33-15-17-5-3-4-6-22(17)28)11-18(14-29)25(31)30-19-8-9-20(26)21(27)13-19/h3-13H,2,15H2,1H3,(H,30,31)/b18-11+. The van der Waals surface area contributed by atoms with Gasteiger partial charge < -0.3 is 14.8 Å².